The summed E-state index contributed by atoms with van der Waals surface area (Å²) in [5.41, 5.74) is 1.94. The van der Waals surface area contributed by atoms with Crippen LogP contribution in [0.25, 0.3) is 0 Å². The second-order valence-corrected chi connectivity index (χ2v) is 6.81. The average molecular weight is 292 g/mol. The predicted octanol–water partition coefficient (Wildman–Crippen LogP) is 2.75. The van der Waals surface area contributed by atoms with E-state index in [0.717, 1.165) is 48.5 Å². The summed E-state index contributed by atoms with van der Waals surface area (Å²) >= 11 is 4.31. The summed E-state index contributed by atoms with van der Waals surface area (Å²) < 4.78 is 0. The molecule has 1 aliphatic heterocycles. The van der Waals surface area contributed by atoms with Crippen molar-refractivity contribution in [2.75, 3.05) is 26.7 Å². The number of amides is 1. The van der Waals surface area contributed by atoms with E-state index >= 15 is 0 Å². The third kappa shape index (κ3) is 3.76. The molecule has 1 fully saturated rings. The van der Waals surface area contributed by atoms with Gasteiger partial charge in [-0.15, -0.1) is 12.6 Å². The van der Waals surface area contributed by atoms with Crippen molar-refractivity contribution in [3.8, 4) is 0 Å². The molecule has 1 N–H and O–H groups in total. The molecule has 2 rings (SSSR count). The minimum atomic E-state index is 0.0125. The number of likely N-dealkylation sites (tertiary alicyclic amines) is 1. The first kappa shape index (κ1) is 15.4. The number of nitrogens with zero attached hydrogens (tertiary/aromatic N) is 1. The molecular formula is C16H24N2OS. The van der Waals surface area contributed by atoms with Crippen LogP contribution in [0, 0.1) is 12.3 Å². The van der Waals surface area contributed by atoms with E-state index in [1.54, 1.807) is 0 Å². The number of carbonyl (C=O) groups excluding carboxylic acids is 1. The maximum atomic E-state index is 12.3. The lowest BCUT2D eigenvalue weighted by atomic mass is 9.80. The molecule has 0 bridgehead atoms. The number of piperidine rings is 1. The number of thiol groups is 1. The Morgan fingerprint density at radius 3 is 2.70 bits per heavy atom. The SMILES string of the molecule is Cc1ccc(S)cc1C(=O)NCC1(C)CCN(C)CC1. The predicted molar refractivity (Wildman–Crippen MR) is 85.6 cm³/mol. The lowest BCUT2D eigenvalue weighted by molar-refractivity contribution is 0.0891. The van der Waals surface area contributed by atoms with Gasteiger partial charge in [-0.3, -0.25) is 4.79 Å². The second kappa shape index (κ2) is 6.19. The largest absolute Gasteiger partial charge is 0.351 e. The van der Waals surface area contributed by atoms with Gasteiger partial charge in [0, 0.05) is 17.0 Å². The highest BCUT2D eigenvalue weighted by molar-refractivity contribution is 7.80. The number of hydrogen-bond donors (Lipinski definition) is 2. The van der Waals surface area contributed by atoms with Crippen LogP contribution in [0.3, 0.4) is 0 Å². The number of benzene rings is 1. The Balaban J connectivity index is 1.97. The van der Waals surface area contributed by atoms with Crippen molar-refractivity contribution in [3.05, 3.63) is 29.3 Å². The minimum Gasteiger partial charge on any atom is -0.351 e. The van der Waals surface area contributed by atoms with Crippen molar-refractivity contribution < 1.29 is 4.79 Å². The van der Waals surface area contributed by atoms with E-state index in [4.69, 9.17) is 0 Å². The minimum absolute atomic E-state index is 0.0125. The van der Waals surface area contributed by atoms with Gasteiger partial charge in [0.15, 0.2) is 0 Å². The van der Waals surface area contributed by atoms with Gasteiger partial charge in [0.25, 0.3) is 5.91 Å². The van der Waals surface area contributed by atoms with Crippen LogP contribution in [0.1, 0.15) is 35.7 Å². The fraction of sp³-hybridized carbons (Fsp3) is 0.562. The van der Waals surface area contributed by atoms with Crippen LogP contribution >= 0.6 is 12.6 Å². The van der Waals surface area contributed by atoms with Gasteiger partial charge < -0.3 is 10.2 Å². The molecule has 0 atom stereocenters. The molecule has 4 heteroatoms. The van der Waals surface area contributed by atoms with Crippen LogP contribution in [0.15, 0.2) is 23.1 Å². The van der Waals surface area contributed by atoms with Crippen molar-refractivity contribution in [1.29, 1.82) is 0 Å². The smallest absolute Gasteiger partial charge is 0.251 e. The number of carbonyl (C=O) groups is 1. The first-order valence-electron chi connectivity index (χ1n) is 7.16. The van der Waals surface area contributed by atoms with Crippen molar-refractivity contribution in [1.82, 2.24) is 10.2 Å². The van der Waals surface area contributed by atoms with Gasteiger partial charge in [0.1, 0.15) is 0 Å². The van der Waals surface area contributed by atoms with Crippen molar-refractivity contribution >= 4 is 18.5 Å². The molecule has 1 amide bonds. The summed E-state index contributed by atoms with van der Waals surface area (Å²) in [5, 5.41) is 3.10. The van der Waals surface area contributed by atoms with Gasteiger partial charge >= 0.3 is 0 Å². The molecule has 1 saturated heterocycles. The summed E-state index contributed by atoms with van der Waals surface area (Å²) in [4.78, 5) is 15.5. The van der Waals surface area contributed by atoms with Gasteiger partial charge in [0.2, 0.25) is 0 Å². The Hall–Kier alpha value is -1.00. The molecule has 1 aromatic carbocycles. The van der Waals surface area contributed by atoms with Crippen molar-refractivity contribution in [3.63, 3.8) is 0 Å². The Labute approximate surface area is 127 Å². The molecule has 20 heavy (non-hydrogen) atoms. The van der Waals surface area contributed by atoms with E-state index in [0.29, 0.717) is 0 Å². The second-order valence-electron chi connectivity index (χ2n) is 6.30. The fourth-order valence-corrected chi connectivity index (χ4v) is 2.78. The third-order valence-electron chi connectivity index (χ3n) is 4.34. The van der Waals surface area contributed by atoms with E-state index < -0.39 is 0 Å². The maximum absolute atomic E-state index is 12.3. The topological polar surface area (TPSA) is 32.3 Å². The Kier molecular flexibility index (Phi) is 4.76. The van der Waals surface area contributed by atoms with Crippen LogP contribution in [0.5, 0.6) is 0 Å². The zero-order valence-electron chi connectivity index (χ0n) is 12.6. The highest BCUT2D eigenvalue weighted by Gasteiger charge is 2.29. The third-order valence-corrected chi connectivity index (χ3v) is 4.61. The molecular weight excluding hydrogens is 268 g/mol. The van der Waals surface area contributed by atoms with Crippen LogP contribution in [0.4, 0.5) is 0 Å². The number of rotatable bonds is 3. The summed E-state index contributed by atoms with van der Waals surface area (Å²) in [6.07, 6.45) is 2.27. The zero-order chi connectivity index (χ0) is 14.8. The number of aryl methyl sites for hydroxylation is 1. The Bertz CT molecular complexity index is 493. The molecule has 1 aromatic rings. The molecule has 1 aliphatic rings. The Morgan fingerprint density at radius 2 is 2.05 bits per heavy atom. The molecule has 0 spiro atoms. The van der Waals surface area contributed by atoms with Gasteiger partial charge in [-0.1, -0.05) is 13.0 Å². The van der Waals surface area contributed by atoms with E-state index in [-0.39, 0.29) is 11.3 Å². The fourth-order valence-electron chi connectivity index (χ4n) is 2.58. The molecule has 0 unspecified atom stereocenters. The Morgan fingerprint density at radius 1 is 1.40 bits per heavy atom. The summed E-state index contributed by atoms with van der Waals surface area (Å²) in [6, 6.07) is 5.69. The summed E-state index contributed by atoms with van der Waals surface area (Å²) in [7, 11) is 2.15. The summed E-state index contributed by atoms with van der Waals surface area (Å²) in [6.45, 7) is 7.19. The molecule has 1 heterocycles. The highest BCUT2D eigenvalue weighted by Crippen LogP contribution is 2.29. The van der Waals surface area contributed by atoms with E-state index in [2.05, 4.69) is 36.8 Å². The van der Waals surface area contributed by atoms with E-state index in [1.807, 2.05) is 25.1 Å². The van der Waals surface area contributed by atoms with Gasteiger partial charge in [-0.05, 0) is 63.0 Å². The van der Waals surface area contributed by atoms with Crippen molar-refractivity contribution in [2.24, 2.45) is 5.41 Å². The number of nitrogens with one attached hydrogen (secondary N) is 1. The lowest BCUT2D eigenvalue weighted by Crippen LogP contribution is -2.43. The molecule has 0 aromatic heterocycles. The van der Waals surface area contributed by atoms with Gasteiger partial charge in [0.05, 0.1) is 0 Å². The highest BCUT2D eigenvalue weighted by atomic mass is 32.1. The van der Waals surface area contributed by atoms with E-state index in [9.17, 15) is 4.79 Å². The van der Waals surface area contributed by atoms with E-state index in [1.165, 1.54) is 0 Å². The molecule has 0 radical (unpaired) electrons. The van der Waals surface area contributed by atoms with Gasteiger partial charge in [-0.25, -0.2) is 0 Å². The lowest BCUT2D eigenvalue weighted by Gasteiger charge is -2.38. The zero-order valence-corrected chi connectivity index (χ0v) is 13.5. The normalized spacial score (nSPS) is 18.8. The van der Waals surface area contributed by atoms with Crippen LogP contribution in [0.2, 0.25) is 0 Å². The molecule has 110 valence electrons. The first-order chi connectivity index (χ1) is 9.39. The first-order valence-corrected chi connectivity index (χ1v) is 7.61. The summed E-state index contributed by atoms with van der Waals surface area (Å²) in [5.74, 6) is 0.0125. The van der Waals surface area contributed by atoms with Crippen molar-refractivity contribution in [2.45, 2.75) is 31.6 Å². The maximum Gasteiger partial charge on any atom is 0.251 e. The van der Waals surface area contributed by atoms with Crippen LogP contribution in [-0.4, -0.2) is 37.5 Å². The molecule has 0 aliphatic carbocycles. The van der Waals surface area contributed by atoms with Gasteiger partial charge in [-0.2, -0.15) is 0 Å². The van der Waals surface area contributed by atoms with Crippen LogP contribution in [-0.2, 0) is 0 Å². The number of hydrogen-bond acceptors (Lipinski definition) is 3. The quantitative estimate of drug-likeness (QED) is 0.840. The molecule has 3 nitrogen and oxygen atoms in total. The molecule has 0 saturated carbocycles. The van der Waals surface area contributed by atoms with Crippen LogP contribution < -0.4 is 5.32 Å². The average Bonchev–Trinajstić information content (AvgIpc) is 2.43. The standard InChI is InChI=1S/C16H24N2OS/c1-12-4-5-13(20)10-14(12)15(19)17-11-16(2)6-8-18(3)9-7-16/h4-5,10,20H,6-9,11H2,1-3H3,(H,17,19). The monoisotopic (exact) mass is 292 g/mol.